The molecule has 0 spiro atoms. The fourth-order valence-electron chi connectivity index (χ4n) is 4.51. The number of ether oxygens (including phenoxy) is 1. The highest BCUT2D eigenvalue weighted by atomic mass is 19.1. The first-order chi connectivity index (χ1) is 16.4. The summed E-state index contributed by atoms with van der Waals surface area (Å²) < 4.78 is 20.4. The first-order valence-electron chi connectivity index (χ1n) is 12.4. The van der Waals surface area contributed by atoms with Crippen LogP contribution in [0.25, 0.3) is 0 Å². The summed E-state index contributed by atoms with van der Waals surface area (Å²) in [5, 5.41) is 2.59. The first kappa shape index (κ1) is 25.7. The van der Waals surface area contributed by atoms with Crippen LogP contribution in [0.3, 0.4) is 0 Å². The molecule has 1 atom stereocenters. The number of rotatable bonds is 7. The van der Waals surface area contributed by atoms with Crippen molar-refractivity contribution in [3.63, 3.8) is 0 Å². The molecule has 34 heavy (non-hydrogen) atoms. The molecule has 2 aromatic carbocycles. The summed E-state index contributed by atoms with van der Waals surface area (Å²) in [6.45, 7) is 5.49. The van der Waals surface area contributed by atoms with Crippen LogP contribution in [-0.4, -0.2) is 31.4 Å². The Balaban J connectivity index is 1.66. The summed E-state index contributed by atoms with van der Waals surface area (Å²) in [6.07, 6.45) is 6.54. The van der Waals surface area contributed by atoms with Crippen LogP contribution in [0.2, 0.25) is 0 Å². The molecule has 0 saturated heterocycles. The van der Waals surface area contributed by atoms with Crippen LogP contribution in [0, 0.1) is 18.7 Å². The van der Waals surface area contributed by atoms with Gasteiger partial charge >= 0.3 is 0 Å². The van der Waals surface area contributed by atoms with Gasteiger partial charge in [-0.3, -0.25) is 9.59 Å². The summed E-state index contributed by atoms with van der Waals surface area (Å²) in [7, 11) is 0. The van der Waals surface area contributed by atoms with Crippen molar-refractivity contribution in [2.75, 3.05) is 24.6 Å². The Bertz CT molecular complexity index is 962. The Labute approximate surface area is 202 Å². The van der Waals surface area contributed by atoms with E-state index >= 15 is 0 Å². The largest absolute Gasteiger partial charge is 0.491 e. The number of amides is 1. The number of carbonyl (C=O) groups is 2. The number of nitrogens with one attached hydrogen (secondary N) is 1. The SMILES string of the molecule is CC(=O)NCC(=O)CCC1CCCCCN(Cc2cccc(F)c2C)c2ccccc2OCC1. The number of carbonyl (C=O) groups excluding carboxylic acids is 2. The zero-order valence-corrected chi connectivity index (χ0v) is 20.4. The van der Waals surface area contributed by atoms with Crippen LogP contribution in [0.1, 0.15) is 63.0 Å². The lowest BCUT2D eigenvalue weighted by Gasteiger charge is -2.29. The van der Waals surface area contributed by atoms with E-state index < -0.39 is 0 Å². The van der Waals surface area contributed by atoms with Crippen molar-refractivity contribution >= 4 is 17.4 Å². The van der Waals surface area contributed by atoms with Gasteiger partial charge in [-0.15, -0.1) is 0 Å². The van der Waals surface area contributed by atoms with Gasteiger partial charge in [-0.05, 0) is 61.4 Å². The van der Waals surface area contributed by atoms with Crippen molar-refractivity contribution in [1.29, 1.82) is 0 Å². The van der Waals surface area contributed by atoms with Crippen molar-refractivity contribution in [3.8, 4) is 5.75 Å². The second kappa shape index (κ2) is 13.1. The van der Waals surface area contributed by atoms with Crippen LogP contribution in [0.4, 0.5) is 10.1 Å². The predicted molar refractivity (Wildman–Crippen MR) is 134 cm³/mol. The Kier molecular flexibility index (Phi) is 9.92. The highest BCUT2D eigenvalue weighted by molar-refractivity contribution is 5.85. The molecule has 0 aromatic heterocycles. The third-order valence-electron chi connectivity index (χ3n) is 6.64. The number of anilines is 1. The van der Waals surface area contributed by atoms with Crippen molar-refractivity contribution in [1.82, 2.24) is 5.32 Å². The van der Waals surface area contributed by atoms with Crippen LogP contribution >= 0.6 is 0 Å². The molecule has 5 nitrogen and oxygen atoms in total. The number of Topliss-reactive ketones (excluding diaryl/α,β-unsaturated/α-hetero) is 1. The fraction of sp³-hybridized carbons (Fsp3) is 0.500. The van der Waals surface area contributed by atoms with E-state index in [0.717, 1.165) is 62.1 Å². The fourth-order valence-corrected chi connectivity index (χ4v) is 4.51. The molecule has 2 aromatic rings. The summed E-state index contributed by atoms with van der Waals surface area (Å²) in [6, 6.07) is 13.4. The lowest BCUT2D eigenvalue weighted by atomic mass is 9.92. The molecule has 0 aliphatic carbocycles. The molecule has 1 unspecified atom stereocenters. The summed E-state index contributed by atoms with van der Waals surface area (Å²) in [4.78, 5) is 25.4. The van der Waals surface area contributed by atoms with E-state index in [1.54, 1.807) is 6.07 Å². The molecule has 0 radical (unpaired) electrons. The number of benzene rings is 2. The molecule has 0 saturated carbocycles. The quantitative estimate of drug-likeness (QED) is 0.576. The molecule has 1 aliphatic heterocycles. The number of para-hydroxylation sites is 2. The Hall–Kier alpha value is -2.89. The lowest BCUT2D eigenvalue weighted by Crippen LogP contribution is -2.27. The van der Waals surface area contributed by atoms with Gasteiger partial charge in [0.1, 0.15) is 11.6 Å². The molecule has 0 bridgehead atoms. The first-order valence-corrected chi connectivity index (χ1v) is 12.4. The van der Waals surface area contributed by atoms with Crippen LogP contribution in [-0.2, 0) is 16.1 Å². The predicted octanol–water partition coefficient (Wildman–Crippen LogP) is 5.59. The van der Waals surface area contributed by atoms with Gasteiger partial charge in [0.15, 0.2) is 5.78 Å². The molecule has 6 heteroatoms. The van der Waals surface area contributed by atoms with Gasteiger partial charge in [-0.25, -0.2) is 4.39 Å². The zero-order valence-electron chi connectivity index (χ0n) is 20.4. The summed E-state index contributed by atoms with van der Waals surface area (Å²) in [5.74, 6) is 1.01. The van der Waals surface area contributed by atoms with Crippen LogP contribution in [0.5, 0.6) is 5.75 Å². The molecule has 3 rings (SSSR count). The van der Waals surface area contributed by atoms with E-state index in [1.165, 1.54) is 13.0 Å². The van der Waals surface area contributed by atoms with E-state index in [4.69, 9.17) is 4.74 Å². The molecule has 1 heterocycles. The monoisotopic (exact) mass is 468 g/mol. The average Bonchev–Trinajstić information content (AvgIpc) is 2.82. The summed E-state index contributed by atoms with van der Waals surface area (Å²) >= 11 is 0. The maximum absolute atomic E-state index is 14.1. The Morgan fingerprint density at radius 1 is 1.09 bits per heavy atom. The van der Waals surface area contributed by atoms with E-state index in [0.29, 0.717) is 31.1 Å². The standard InChI is InChI=1S/C28H37FN2O3/c1-21-24(10-8-11-26(21)29)20-31-17-7-3-4-9-23(14-15-25(33)19-30-22(2)32)16-18-34-28-13-6-5-12-27(28)31/h5-6,8,10-13,23H,3-4,7,9,14-20H2,1-2H3,(H,30,32). The van der Waals surface area contributed by atoms with Gasteiger partial charge in [0, 0.05) is 26.4 Å². The van der Waals surface area contributed by atoms with Gasteiger partial charge in [-0.1, -0.05) is 43.5 Å². The van der Waals surface area contributed by atoms with Crippen molar-refractivity contribution in [3.05, 3.63) is 59.4 Å². The minimum atomic E-state index is -0.173. The Morgan fingerprint density at radius 3 is 2.74 bits per heavy atom. The van der Waals surface area contributed by atoms with Gasteiger partial charge in [0.25, 0.3) is 0 Å². The van der Waals surface area contributed by atoms with Crippen molar-refractivity contribution in [2.45, 2.75) is 65.3 Å². The normalized spacial score (nSPS) is 17.0. The van der Waals surface area contributed by atoms with Gasteiger partial charge in [0.05, 0.1) is 18.8 Å². The zero-order chi connectivity index (χ0) is 24.3. The summed E-state index contributed by atoms with van der Waals surface area (Å²) in [5.41, 5.74) is 2.72. The lowest BCUT2D eigenvalue weighted by molar-refractivity contribution is -0.124. The average molecular weight is 469 g/mol. The maximum Gasteiger partial charge on any atom is 0.217 e. The maximum atomic E-state index is 14.1. The number of hydrogen-bond donors (Lipinski definition) is 1. The van der Waals surface area contributed by atoms with Gasteiger partial charge < -0.3 is 15.0 Å². The number of nitrogens with zero attached hydrogens (tertiary/aromatic N) is 1. The third-order valence-corrected chi connectivity index (χ3v) is 6.64. The highest BCUT2D eigenvalue weighted by Crippen LogP contribution is 2.32. The molecule has 0 fully saturated rings. The molecular weight excluding hydrogens is 431 g/mol. The van der Waals surface area contributed by atoms with Crippen LogP contribution in [0.15, 0.2) is 42.5 Å². The third kappa shape index (κ3) is 7.86. The minimum absolute atomic E-state index is 0.0795. The smallest absolute Gasteiger partial charge is 0.217 e. The second-order valence-corrected chi connectivity index (χ2v) is 9.25. The number of fused-ring (bicyclic) bond motifs is 1. The van der Waals surface area contributed by atoms with E-state index in [2.05, 4.69) is 16.3 Å². The van der Waals surface area contributed by atoms with E-state index in [-0.39, 0.29) is 24.1 Å². The van der Waals surface area contributed by atoms with Gasteiger partial charge in [0.2, 0.25) is 5.91 Å². The van der Waals surface area contributed by atoms with Crippen LogP contribution < -0.4 is 15.0 Å². The Morgan fingerprint density at radius 2 is 1.91 bits per heavy atom. The number of ketones is 1. The topological polar surface area (TPSA) is 58.6 Å². The highest BCUT2D eigenvalue weighted by Gasteiger charge is 2.18. The van der Waals surface area contributed by atoms with Gasteiger partial charge in [-0.2, -0.15) is 0 Å². The van der Waals surface area contributed by atoms with E-state index in [1.807, 2.05) is 31.2 Å². The van der Waals surface area contributed by atoms with E-state index in [9.17, 15) is 14.0 Å². The number of hydrogen-bond acceptors (Lipinski definition) is 4. The molecule has 1 aliphatic rings. The molecule has 1 N–H and O–H groups in total. The second-order valence-electron chi connectivity index (χ2n) is 9.25. The molecular formula is C28H37FN2O3. The number of halogens is 1. The molecule has 184 valence electrons. The van der Waals surface area contributed by atoms with Crippen molar-refractivity contribution < 1.29 is 18.7 Å². The van der Waals surface area contributed by atoms with Crippen molar-refractivity contribution in [2.24, 2.45) is 5.92 Å². The molecule has 1 amide bonds. The minimum Gasteiger partial charge on any atom is -0.491 e.